The molecule has 3 aliphatic rings. The van der Waals surface area contributed by atoms with Gasteiger partial charge in [-0.05, 0) is 98.6 Å². The van der Waals surface area contributed by atoms with E-state index in [0.29, 0.717) is 36.1 Å². The number of piperidine rings is 1. The van der Waals surface area contributed by atoms with Crippen LogP contribution in [0.25, 0.3) is 0 Å². The van der Waals surface area contributed by atoms with Crippen LogP contribution in [0.5, 0.6) is 0 Å². The molecule has 2 heterocycles. The monoisotopic (exact) mass is 482 g/mol. The Labute approximate surface area is 201 Å². The molecule has 3 amide bonds. The van der Waals surface area contributed by atoms with Crippen LogP contribution in [-0.4, -0.2) is 47.9 Å². The normalized spacial score (nSPS) is 22.5. The third-order valence-corrected chi connectivity index (χ3v) is 7.57. The number of carbonyl (C=O) groups is 2. The van der Waals surface area contributed by atoms with Crippen LogP contribution < -0.4 is 5.32 Å². The van der Waals surface area contributed by atoms with Crippen molar-refractivity contribution in [3.8, 4) is 6.07 Å². The summed E-state index contributed by atoms with van der Waals surface area (Å²) in [5, 5.41) is 12.1. The maximum atomic E-state index is 13.9. The topological polar surface area (TPSA) is 76.4 Å². The first-order chi connectivity index (χ1) is 16.8. The van der Waals surface area contributed by atoms with Crippen molar-refractivity contribution in [1.82, 2.24) is 15.1 Å². The number of likely N-dealkylation sites (tertiary alicyclic amines) is 1. The molecule has 2 aliphatic heterocycles. The number of urea groups is 1. The molecule has 0 radical (unpaired) electrons. The van der Waals surface area contributed by atoms with Crippen molar-refractivity contribution in [2.24, 2.45) is 0 Å². The van der Waals surface area contributed by atoms with Crippen molar-refractivity contribution in [2.45, 2.75) is 43.6 Å². The second-order valence-electron chi connectivity index (χ2n) is 9.53. The van der Waals surface area contributed by atoms with Gasteiger partial charge in [-0.3, -0.25) is 9.69 Å². The summed E-state index contributed by atoms with van der Waals surface area (Å²) < 4.78 is 41.0. The number of aryl methyl sites for hydroxylation is 1. The molecule has 35 heavy (non-hydrogen) atoms. The molecular weight excluding hydrogens is 457 g/mol. The van der Waals surface area contributed by atoms with Gasteiger partial charge < -0.3 is 10.2 Å². The predicted molar refractivity (Wildman–Crippen MR) is 121 cm³/mol. The summed E-state index contributed by atoms with van der Waals surface area (Å²) in [5.74, 6) is -2.62. The molecule has 2 aromatic carbocycles. The van der Waals surface area contributed by atoms with Crippen molar-refractivity contribution in [3.63, 3.8) is 0 Å². The standard InChI is InChI=1S/C26H25F3N4O2/c27-19-2-3-20(18(12-19)15-30)16-5-10-32(11-6-16)8-1-9-33-24(34)26(31-25(33)35)7-4-17-13-22(28)23(29)14-21(17)26/h2-3,12-14,16H,1,4-11H2,(H,31,35). The van der Waals surface area contributed by atoms with E-state index in [0.717, 1.165) is 43.6 Å². The van der Waals surface area contributed by atoms with Gasteiger partial charge >= 0.3 is 6.03 Å². The van der Waals surface area contributed by atoms with Crippen LogP contribution in [0.1, 0.15) is 53.9 Å². The quantitative estimate of drug-likeness (QED) is 0.655. The highest BCUT2D eigenvalue weighted by molar-refractivity contribution is 6.08. The Morgan fingerprint density at radius 3 is 2.54 bits per heavy atom. The lowest BCUT2D eigenvalue weighted by molar-refractivity contribution is -0.131. The van der Waals surface area contributed by atoms with Crippen molar-refractivity contribution in [3.05, 3.63) is 70.0 Å². The number of imide groups is 1. The fourth-order valence-electron chi connectivity index (χ4n) is 5.73. The number of nitrogens with one attached hydrogen (secondary N) is 1. The van der Waals surface area contributed by atoms with Gasteiger partial charge in [0.15, 0.2) is 11.6 Å². The average Bonchev–Trinajstić information content (AvgIpc) is 3.31. The van der Waals surface area contributed by atoms with Crippen LogP contribution >= 0.6 is 0 Å². The van der Waals surface area contributed by atoms with Gasteiger partial charge in [0, 0.05) is 6.54 Å². The van der Waals surface area contributed by atoms with Gasteiger partial charge in [-0.15, -0.1) is 0 Å². The highest BCUT2D eigenvalue weighted by Gasteiger charge is 2.55. The smallest absolute Gasteiger partial charge is 0.319 e. The molecule has 2 fully saturated rings. The zero-order valence-electron chi connectivity index (χ0n) is 19.1. The molecule has 1 aliphatic carbocycles. The second kappa shape index (κ2) is 9.00. The van der Waals surface area contributed by atoms with E-state index in [9.17, 15) is 28.0 Å². The first kappa shape index (κ1) is 23.4. The SMILES string of the molecule is N#Cc1cc(F)ccc1C1CCN(CCCN2C(=O)NC3(CCc4cc(F)c(F)cc43)C2=O)CC1. The van der Waals surface area contributed by atoms with Crippen LogP contribution in [0.15, 0.2) is 30.3 Å². The van der Waals surface area contributed by atoms with Crippen LogP contribution in [0.3, 0.4) is 0 Å². The Morgan fingerprint density at radius 1 is 1.06 bits per heavy atom. The van der Waals surface area contributed by atoms with Gasteiger partial charge in [-0.1, -0.05) is 6.07 Å². The number of hydrogen-bond donors (Lipinski definition) is 1. The van der Waals surface area contributed by atoms with Crippen LogP contribution in [0.2, 0.25) is 0 Å². The van der Waals surface area contributed by atoms with Crippen molar-refractivity contribution in [2.75, 3.05) is 26.2 Å². The Morgan fingerprint density at radius 2 is 1.80 bits per heavy atom. The molecule has 0 bridgehead atoms. The van der Waals surface area contributed by atoms with E-state index in [1.807, 2.05) is 0 Å². The number of nitrogens with zero attached hydrogens (tertiary/aromatic N) is 3. The Kier molecular flexibility index (Phi) is 6.01. The molecule has 182 valence electrons. The van der Waals surface area contributed by atoms with Crippen LogP contribution in [0.4, 0.5) is 18.0 Å². The molecule has 2 saturated heterocycles. The first-order valence-corrected chi connectivity index (χ1v) is 11.9. The van der Waals surface area contributed by atoms with E-state index in [4.69, 9.17) is 0 Å². The lowest BCUT2D eigenvalue weighted by Gasteiger charge is -2.32. The number of halogens is 3. The van der Waals surface area contributed by atoms with Gasteiger partial charge in [0.25, 0.3) is 5.91 Å². The number of nitriles is 1. The van der Waals surface area contributed by atoms with Crippen LogP contribution in [0, 0.1) is 28.8 Å². The molecule has 9 heteroatoms. The minimum Gasteiger partial charge on any atom is -0.319 e. The number of rotatable bonds is 5. The highest BCUT2D eigenvalue weighted by Crippen LogP contribution is 2.42. The van der Waals surface area contributed by atoms with Gasteiger partial charge in [-0.2, -0.15) is 5.26 Å². The number of amides is 3. The Balaban J connectivity index is 1.17. The second-order valence-corrected chi connectivity index (χ2v) is 9.53. The van der Waals surface area contributed by atoms with Crippen molar-refractivity contribution < 1.29 is 22.8 Å². The Hall–Kier alpha value is -3.38. The summed E-state index contributed by atoms with van der Waals surface area (Å²) in [5.41, 5.74) is 0.839. The first-order valence-electron chi connectivity index (χ1n) is 11.9. The molecule has 0 aromatic heterocycles. The van der Waals surface area contributed by atoms with E-state index in [-0.39, 0.29) is 18.9 Å². The fourth-order valence-corrected chi connectivity index (χ4v) is 5.73. The fraction of sp³-hybridized carbons (Fsp3) is 0.423. The van der Waals surface area contributed by atoms with E-state index in [1.165, 1.54) is 17.0 Å². The van der Waals surface area contributed by atoms with Gasteiger partial charge in [0.05, 0.1) is 11.6 Å². The average molecular weight is 483 g/mol. The predicted octanol–water partition coefficient (Wildman–Crippen LogP) is 3.94. The molecule has 1 atom stereocenters. The third-order valence-electron chi connectivity index (χ3n) is 7.57. The summed E-state index contributed by atoms with van der Waals surface area (Å²) >= 11 is 0. The molecule has 1 N–H and O–H groups in total. The van der Waals surface area contributed by atoms with E-state index >= 15 is 0 Å². The van der Waals surface area contributed by atoms with Crippen molar-refractivity contribution >= 4 is 11.9 Å². The Bertz CT molecular complexity index is 1240. The minimum absolute atomic E-state index is 0.194. The van der Waals surface area contributed by atoms with Gasteiger partial charge in [0.2, 0.25) is 0 Å². The third kappa shape index (κ3) is 4.06. The van der Waals surface area contributed by atoms with E-state index < -0.39 is 34.9 Å². The zero-order chi connectivity index (χ0) is 24.7. The maximum absolute atomic E-state index is 13.9. The molecule has 1 spiro atoms. The van der Waals surface area contributed by atoms with Gasteiger partial charge in [-0.25, -0.2) is 18.0 Å². The molecule has 1 unspecified atom stereocenters. The minimum atomic E-state index is -1.31. The number of hydrogen-bond acceptors (Lipinski definition) is 4. The summed E-state index contributed by atoms with van der Waals surface area (Å²) in [6, 6.07) is 8.08. The van der Waals surface area contributed by atoms with E-state index in [2.05, 4.69) is 16.3 Å². The molecule has 2 aromatic rings. The molecule has 0 saturated carbocycles. The van der Waals surface area contributed by atoms with E-state index in [1.54, 1.807) is 6.07 Å². The maximum Gasteiger partial charge on any atom is 0.325 e. The number of carbonyl (C=O) groups excluding carboxylic acids is 2. The zero-order valence-corrected chi connectivity index (χ0v) is 19.1. The van der Waals surface area contributed by atoms with Gasteiger partial charge in [0.1, 0.15) is 11.4 Å². The summed E-state index contributed by atoms with van der Waals surface area (Å²) in [4.78, 5) is 29.3. The largest absolute Gasteiger partial charge is 0.325 e. The summed E-state index contributed by atoms with van der Waals surface area (Å²) in [7, 11) is 0. The number of benzene rings is 2. The summed E-state index contributed by atoms with van der Waals surface area (Å²) in [6.45, 7) is 2.54. The lowest BCUT2D eigenvalue weighted by Crippen LogP contribution is -2.42. The molecule has 6 nitrogen and oxygen atoms in total. The lowest BCUT2D eigenvalue weighted by atomic mass is 9.86. The molecule has 5 rings (SSSR count). The van der Waals surface area contributed by atoms with Crippen LogP contribution in [-0.2, 0) is 16.8 Å². The molecular formula is C26H25F3N4O2. The summed E-state index contributed by atoms with van der Waals surface area (Å²) in [6.07, 6.45) is 2.94. The van der Waals surface area contributed by atoms with Crippen molar-refractivity contribution in [1.29, 1.82) is 5.26 Å². The highest BCUT2D eigenvalue weighted by atomic mass is 19.2. The number of fused-ring (bicyclic) bond motifs is 2.